The molecule has 0 aliphatic carbocycles. The van der Waals surface area contributed by atoms with Crippen LogP contribution < -0.4 is 10.2 Å². The number of carbonyl (C=O) groups excluding carboxylic acids is 1. The van der Waals surface area contributed by atoms with E-state index < -0.39 is 0 Å². The quantitative estimate of drug-likeness (QED) is 0.707. The minimum Gasteiger partial charge on any atom is -0.383 e. The summed E-state index contributed by atoms with van der Waals surface area (Å²) in [5.41, 5.74) is 1.96. The third-order valence-corrected chi connectivity index (χ3v) is 2.51. The van der Waals surface area contributed by atoms with E-state index in [1.54, 1.807) is 4.90 Å². The van der Waals surface area contributed by atoms with Gasteiger partial charge < -0.3 is 10.2 Å². The minimum absolute atomic E-state index is 0.0360. The van der Waals surface area contributed by atoms with E-state index in [0.717, 1.165) is 30.9 Å². The summed E-state index contributed by atoms with van der Waals surface area (Å²) < 4.78 is 0. The molecular formula is C12H14N2O. The van der Waals surface area contributed by atoms with E-state index in [-0.39, 0.29) is 5.91 Å². The van der Waals surface area contributed by atoms with Crippen LogP contribution in [0.5, 0.6) is 0 Å². The topological polar surface area (TPSA) is 32.3 Å². The molecule has 3 heteroatoms. The second-order valence-corrected chi connectivity index (χ2v) is 3.49. The van der Waals surface area contributed by atoms with E-state index in [0.29, 0.717) is 0 Å². The zero-order valence-corrected chi connectivity index (χ0v) is 8.57. The summed E-state index contributed by atoms with van der Waals surface area (Å²) in [4.78, 5) is 13.4. The molecule has 1 aliphatic heterocycles. The van der Waals surface area contributed by atoms with Crippen LogP contribution >= 0.6 is 0 Å². The smallest absolute Gasteiger partial charge is 0.250 e. The van der Waals surface area contributed by atoms with Crippen molar-refractivity contribution in [3.8, 4) is 0 Å². The van der Waals surface area contributed by atoms with E-state index in [4.69, 9.17) is 0 Å². The third-order valence-electron chi connectivity index (χ3n) is 2.51. The molecule has 0 aromatic heterocycles. The first-order valence-corrected chi connectivity index (χ1v) is 5.10. The molecule has 1 heterocycles. The Balaban J connectivity index is 2.41. The standard InChI is InChI=1S/C12H14N2O/c1-2-12(15)14-9-5-8-13-10-6-3-4-7-11(10)14/h2-4,6-7,13H,1,5,8-9H2. The summed E-state index contributed by atoms with van der Waals surface area (Å²) in [5.74, 6) is -0.0360. The highest BCUT2D eigenvalue weighted by molar-refractivity contribution is 6.03. The van der Waals surface area contributed by atoms with Gasteiger partial charge in [0.2, 0.25) is 5.91 Å². The van der Waals surface area contributed by atoms with Crippen LogP contribution in [0, 0.1) is 0 Å². The van der Waals surface area contributed by atoms with Crippen molar-refractivity contribution in [3.05, 3.63) is 36.9 Å². The molecule has 0 unspecified atom stereocenters. The lowest BCUT2D eigenvalue weighted by atomic mass is 10.2. The predicted octanol–water partition coefficient (Wildman–Crippen LogP) is 2.02. The van der Waals surface area contributed by atoms with Gasteiger partial charge in [-0.3, -0.25) is 4.79 Å². The van der Waals surface area contributed by atoms with Gasteiger partial charge in [0.25, 0.3) is 0 Å². The zero-order chi connectivity index (χ0) is 10.7. The van der Waals surface area contributed by atoms with Crippen LogP contribution in [0.1, 0.15) is 6.42 Å². The van der Waals surface area contributed by atoms with E-state index in [1.165, 1.54) is 6.08 Å². The van der Waals surface area contributed by atoms with Crippen LogP contribution in [0.4, 0.5) is 11.4 Å². The number of nitrogens with zero attached hydrogens (tertiary/aromatic N) is 1. The maximum atomic E-state index is 11.7. The van der Waals surface area contributed by atoms with E-state index in [2.05, 4.69) is 11.9 Å². The van der Waals surface area contributed by atoms with Crippen molar-refractivity contribution in [3.63, 3.8) is 0 Å². The Morgan fingerprint density at radius 3 is 3.07 bits per heavy atom. The van der Waals surface area contributed by atoms with Gasteiger partial charge in [0, 0.05) is 13.1 Å². The first-order valence-electron chi connectivity index (χ1n) is 5.10. The molecule has 2 rings (SSSR count). The molecule has 0 fully saturated rings. The average Bonchev–Trinajstić information content (AvgIpc) is 2.50. The summed E-state index contributed by atoms with van der Waals surface area (Å²) in [6.45, 7) is 5.17. The lowest BCUT2D eigenvalue weighted by Crippen LogP contribution is -2.29. The number of amides is 1. The number of nitrogens with one attached hydrogen (secondary N) is 1. The van der Waals surface area contributed by atoms with E-state index in [9.17, 15) is 4.79 Å². The Hall–Kier alpha value is -1.77. The Kier molecular flexibility index (Phi) is 2.72. The zero-order valence-electron chi connectivity index (χ0n) is 8.57. The molecule has 0 spiro atoms. The van der Waals surface area contributed by atoms with Crippen molar-refractivity contribution in [1.29, 1.82) is 0 Å². The van der Waals surface area contributed by atoms with Gasteiger partial charge in [-0.1, -0.05) is 18.7 Å². The molecule has 1 aromatic carbocycles. The molecule has 78 valence electrons. The second-order valence-electron chi connectivity index (χ2n) is 3.49. The number of benzene rings is 1. The van der Waals surface area contributed by atoms with Crippen molar-refractivity contribution in [2.75, 3.05) is 23.3 Å². The number of hydrogen-bond acceptors (Lipinski definition) is 2. The molecule has 1 aliphatic rings. The molecule has 0 radical (unpaired) electrons. The Morgan fingerprint density at radius 1 is 1.47 bits per heavy atom. The molecule has 1 amide bonds. The lowest BCUT2D eigenvalue weighted by Gasteiger charge is -2.20. The molecule has 1 aromatic rings. The van der Waals surface area contributed by atoms with Gasteiger partial charge in [0.05, 0.1) is 11.4 Å². The molecule has 3 nitrogen and oxygen atoms in total. The van der Waals surface area contributed by atoms with Gasteiger partial charge >= 0.3 is 0 Å². The van der Waals surface area contributed by atoms with Crippen LogP contribution in [-0.2, 0) is 4.79 Å². The number of carbonyl (C=O) groups is 1. The van der Waals surface area contributed by atoms with Crippen LogP contribution in [0.2, 0.25) is 0 Å². The molecule has 0 bridgehead atoms. The van der Waals surface area contributed by atoms with Gasteiger partial charge in [-0.2, -0.15) is 0 Å². The van der Waals surface area contributed by atoms with Gasteiger partial charge in [-0.15, -0.1) is 0 Å². The maximum Gasteiger partial charge on any atom is 0.250 e. The Morgan fingerprint density at radius 2 is 2.27 bits per heavy atom. The van der Waals surface area contributed by atoms with Crippen LogP contribution in [0.3, 0.4) is 0 Å². The molecule has 1 N–H and O–H groups in total. The fraction of sp³-hybridized carbons (Fsp3) is 0.250. The number of hydrogen-bond donors (Lipinski definition) is 1. The van der Waals surface area contributed by atoms with Gasteiger partial charge in [0.15, 0.2) is 0 Å². The van der Waals surface area contributed by atoms with E-state index in [1.807, 2.05) is 24.3 Å². The number of fused-ring (bicyclic) bond motifs is 1. The second kappa shape index (κ2) is 4.17. The lowest BCUT2D eigenvalue weighted by molar-refractivity contribution is -0.114. The maximum absolute atomic E-state index is 11.7. The predicted molar refractivity (Wildman–Crippen MR) is 62.1 cm³/mol. The fourth-order valence-corrected chi connectivity index (χ4v) is 1.78. The Bertz CT molecular complexity index is 387. The van der Waals surface area contributed by atoms with Crippen LogP contribution in [-0.4, -0.2) is 19.0 Å². The highest BCUT2D eigenvalue weighted by Crippen LogP contribution is 2.27. The van der Waals surface area contributed by atoms with Crippen molar-refractivity contribution in [2.24, 2.45) is 0 Å². The molecule has 0 saturated carbocycles. The largest absolute Gasteiger partial charge is 0.383 e. The summed E-state index contributed by atoms with van der Waals surface area (Å²) >= 11 is 0. The van der Waals surface area contributed by atoms with Crippen molar-refractivity contribution >= 4 is 17.3 Å². The molecular weight excluding hydrogens is 188 g/mol. The van der Waals surface area contributed by atoms with Crippen LogP contribution in [0.25, 0.3) is 0 Å². The average molecular weight is 202 g/mol. The first-order chi connectivity index (χ1) is 7.33. The van der Waals surface area contributed by atoms with Crippen molar-refractivity contribution in [2.45, 2.75) is 6.42 Å². The van der Waals surface area contributed by atoms with Gasteiger partial charge in [0.1, 0.15) is 0 Å². The molecule has 15 heavy (non-hydrogen) atoms. The number of rotatable bonds is 1. The SMILES string of the molecule is C=CC(=O)N1CCCNc2ccccc21. The van der Waals surface area contributed by atoms with Gasteiger partial charge in [-0.05, 0) is 24.6 Å². The number of para-hydroxylation sites is 2. The summed E-state index contributed by atoms with van der Waals surface area (Å²) in [6.07, 6.45) is 2.32. The van der Waals surface area contributed by atoms with Crippen molar-refractivity contribution in [1.82, 2.24) is 0 Å². The molecule has 0 atom stereocenters. The van der Waals surface area contributed by atoms with Crippen molar-refractivity contribution < 1.29 is 4.79 Å². The van der Waals surface area contributed by atoms with Crippen LogP contribution in [0.15, 0.2) is 36.9 Å². The number of anilines is 2. The highest BCUT2D eigenvalue weighted by Gasteiger charge is 2.17. The summed E-state index contributed by atoms with van der Waals surface area (Å²) in [6, 6.07) is 7.85. The van der Waals surface area contributed by atoms with Gasteiger partial charge in [-0.25, -0.2) is 0 Å². The third kappa shape index (κ3) is 1.86. The Labute approximate surface area is 89.4 Å². The monoisotopic (exact) mass is 202 g/mol. The first kappa shape index (κ1) is 9.77. The fourth-order valence-electron chi connectivity index (χ4n) is 1.78. The van der Waals surface area contributed by atoms with E-state index >= 15 is 0 Å². The summed E-state index contributed by atoms with van der Waals surface area (Å²) in [7, 11) is 0. The normalized spacial score (nSPS) is 14.8. The molecule has 0 saturated heterocycles. The minimum atomic E-state index is -0.0360. The summed E-state index contributed by atoms with van der Waals surface area (Å²) in [5, 5.41) is 3.31. The highest BCUT2D eigenvalue weighted by atomic mass is 16.2.